The first-order valence-corrected chi connectivity index (χ1v) is 5.14. The molecule has 0 aromatic heterocycles. The summed E-state index contributed by atoms with van der Waals surface area (Å²) in [6.07, 6.45) is 3.08. The fourth-order valence-corrected chi connectivity index (χ4v) is 2.39. The topological polar surface area (TPSA) is 20.3 Å². The number of alkyl halides is 1. The number of carbonyl (C=O) groups excluding carboxylic acids is 1. The van der Waals surface area contributed by atoms with Gasteiger partial charge in [-0.05, 0) is 25.7 Å². The second-order valence-corrected chi connectivity index (χ2v) is 4.82. The zero-order valence-corrected chi connectivity index (χ0v) is 7.63. The molecule has 0 bridgehead atoms. The maximum atomic E-state index is 13.0. The molecule has 0 aromatic carbocycles. The van der Waals surface area contributed by atoms with Crippen LogP contribution in [0.25, 0.3) is 0 Å². The smallest absolute Gasteiger partial charge is 0.225 e. The minimum Gasteiger partial charge on any atom is -0.342 e. The van der Waals surface area contributed by atoms with E-state index < -0.39 is 6.17 Å². The number of hydrogen-bond acceptors (Lipinski definition) is 1. The van der Waals surface area contributed by atoms with E-state index in [-0.39, 0.29) is 11.3 Å². The van der Waals surface area contributed by atoms with Crippen molar-refractivity contribution in [3.63, 3.8) is 0 Å². The van der Waals surface area contributed by atoms with Crippen LogP contribution >= 0.6 is 0 Å². The number of nitrogens with zero attached hydrogens (tertiary/aromatic N) is 1. The standard InChI is InChI=1S/C10H14FNO/c11-8-5-10(8)3-4-12(6-10)9(13)7-1-2-7/h7-8H,1-6H2. The number of carbonyl (C=O) groups is 1. The Bertz CT molecular complexity index is 264. The fraction of sp³-hybridized carbons (Fsp3) is 0.900. The Morgan fingerprint density at radius 3 is 2.62 bits per heavy atom. The van der Waals surface area contributed by atoms with Crippen LogP contribution in [0.5, 0.6) is 0 Å². The number of amides is 1. The first-order valence-electron chi connectivity index (χ1n) is 5.14. The number of halogens is 1. The maximum Gasteiger partial charge on any atom is 0.225 e. The minimum absolute atomic E-state index is 0.0927. The Balaban J connectivity index is 1.65. The van der Waals surface area contributed by atoms with Crippen LogP contribution in [0, 0.1) is 11.3 Å². The molecule has 2 aliphatic carbocycles. The van der Waals surface area contributed by atoms with Crippen molar-refractivity contribution < 1.29 is 9.18 Å². The van der Waals surface area contributed by atoms with Gasteiger partial charge in [-0.3, -0.25) is 4.79 Å². The summed E-state index contributed by atoms with van der Waals surface area (Å²) < 4.78 is 13.0. The van der Waals surface area contributed by atoms with Crippen LogP contribution in [0.2, 0.25) is 0 Å². The predicted octanol–water partition coefficient (Wildman–Crippen LogP) is 1.36. The van der Waals surface area contributed by atoms with Gasteiger partial charge in [0.2, 0.25) is 5.91 Å². The molecule has 3 fully saturated rings. The molecule has 3 aliphatic rings. The van der Waals surface area contributed by atoms with Crippen LogP contribution in [-0.2, 0) is 4.79 Å². The van der Waals surface area contributed by atoms with E-state index in [0.717, 1.165) is 25.8 Å². The third-order valence-electron chi connectivity index (χ3n) is 3.71. The van der Waals surface area contributed by atoms with Crippen LogP contribution in [0.4, 0.5) is 4.39 Å². The summed E-state index contributed by atoms with van der Waals surface area (Å²) in [5.74, 6) is 0.586. The molecule has 2 atom stereocenters. The quantitative estimate of drug-likeness (QED) is 0.601. The lowest BCUT2D eigenvalue weighted by atomic mass is 10.1. The summed E-state index contributed by atoms with van der Waals surface area (Å²) in [7, 11) is 0. The lowest BCUT2D eigenvalue weighted by molar-refractivity contribution is -0.131. The Kier molecular flexibility index (Phi) is 1.35. The molecule has 1 amide bonds. The number of likely N-dealkylation sites (tertiary alicyclic amines) is 1. The van der Waals surface area contributed by atoms with Crippen molar-refractivity contribution in [3.05, 3.63) is 0 Å². The fourth-order valence-electron chi connectivity index (χ4n) is 2.39. The van der Waals surface area contributed by atoms with Crippen molar-refractivity contribution in [2.75, 3.05) is 13.1 Å². The molecule has 72 valence electrons. The van der Waals surface area contributed by atoms with Gasteiger partial charge in [-0.15, -0.1) is 0 Å². The largest absolute Gasteiger partial charge is 0.342 e. The van der Waals surface area contributed by atoms with Gasteiger partial charge in [0.1, 0.15) is 6.17 Å². The Morgan fingerprint density at radius 1 is 1.46 bits per heavy atom. The monoisotopic (exact) mass is 183 g/mol. The van der Waals surface area contributed by atoms with Crippen molar-refractivity contribution in [2.45, 2.75) is 31.9 Å². The highest BCUT2D eigenvalue weighted by Gasteiger charge is 2.59. The van der Waals surface area contributed by atoms with E-state index in [4.69, 9.17) is 0 Å². The van der Waals surface area contributed by atoms with Crippen LogP contribution in [0.3, 0.4) is 0 Å². The van der Waals surface area contributed by atoms with Crippen molar-refractivity contribution in [3.8, 4) is 0 Å². The average Bonchev–Trinajstić information content (AvgIpc) is 2.96. The molecule has 1 heterocycles. The summed E-state index contributed by atoms with van der Waals surface area (Å²) >= 11 is 0. The van der Waals surface area contributed by atoms with Crippen LogP contribution in [0.1, 0.15) is 25.7 Å². The van der Waals surface area contributed by atoms with Gasteiger partial charge in [0.15, 0.2) is 0 Å². The van der Waals surface area contributed by atoms with E-state index in [0.29, 0.717) is 18.9 Å². The second kappa shape index (κ2) is 2.25. The van der Waals surface area contributed by atoms with Crippen LogP contribution in [0.15, 0.2) is 0 Å². The molecule has 13 heavy (non-hydrogen) atoms. The molecule has 1 aliphatic heterocycles. The summed E-state index contributed by atoms with van der Waals surface area (Å²) in [5.41, 5.74) is -0.0927. The lowest BCUT2D eigenvalue weighted by Gasteiger charge is -2.15. The van der Waals surface area contributed by atoms with E-state index in [1.807, 2.05) is 4.90 Å². The summed E-state index contributed by atoms with van der Waals surface area (Å²) in [6, 6.07) is 0. The Labute approximate surface area is 77.1 Å². The minimum atomic E-state index is -0.621. The highest BCUT2D eigenvalue weighted by Crippen LogP contribution is 2.55. The molecule has 2 saturated carbocycles. The van der Waals surface area contributed by atoms with Gasteiger partial charge in [-0.2, -0.15) is 0 Å². The van der Waals surface area contributed by atoms with E-state index in [2.05, 4.69) is 0 Å². The van der Waals surface area contributed by atoms with Crippen molar-refractivity contribution >= 4 is 5.91 Å². The summed E-state index contributed by atoms with van der Waals surface area (Å²) in [6.45, 7) is 1.50. The van der Waals surface area contributed by atoms with Crippen LogP contribution in [-0.4, -0.2) is 30.1 Å². The van der Waals surface area contributed by atoms with Crippen molar-refractivity contribution in [1.29, 1.82) is 0 Å². The molecule has 0 aromatic rings. The molecule has 0 radical (unpaired) electrons. The Morgan fingerprint density at radius 2 is 2.15 bits per heavy atom. The normalized spacial score (nSPS) is 42.8. The van der Waals surface area contributed by atoms with Gasteiger partial charge in [0, 0.05) is 24.4 Å². The molecular formula is C10H14FNO. The predicted molar refractivity (Wildman–Crippen MR) is 45.9 cm³/mol. The average molecular weight is 183 g/mol. The number of hydrogen-bond donors (Lipinski definition) is 0. The SMILES string of the molecule is O=C(C1CC1)N1CCC2(CC2F)C1. The molecule has 3 rings (SSSR count). The van der Waals surface area contributed by atoms with E-state index in [1.165, 1.54) is 0 Å². The molecule has 1 saturated heterocycles. The first-order chi connectivity index (χ1) is 6.21. The van der Waals surface area contributed by atoms with Crippen molar-refractivity contribution in [1.82, 2.24) is 4.90 Å². The highest BCUT2D eigenvalue weighted by molar-refractivity contribution is 5.81. The van der Waals surface area contributed by atoms with Gasteiger partial charge in [-0.1, -0.05) is 0 Å². The molecule has 0 N–H and O–H groups in total. The molecule has 2 unspecified atom stereocenters. The van der Waals surface area contributed by atoms with Gasteiger partial charge in [0.25, 0.3) is 0 Å². The van der Waals surface area contributed by atoms with Gasteiger partial charge in [-0.25, -0.2) is 4.39 Å². The van der Waals surface area contributed by atoms with Gasteiger partial charge < -0.3 is 4.90 Å². The summed E-state index contributed by atoms with van der Waals surface area (Å²) in [5, 5.41) is 0. The zero-order chi connectivity index (χ0) is 9.05. The zero-order valence-electron chi connectivity index (χ0n) is 7.63. The van der Waals surface area contributed by atoms with Crippen molar-refractivity contribution in [2.24, 2.45) is 11.3 Å². The number of rotatable bonds is 1. The third kappa shape index (κ3) is 1.09. The highest BCUT2D eigenvalue weighted by atomic mass is 19.1. The van der Waals surface area contributed by atoms with Crippen LogP contribution < -0.4 is 0 Å². The molecular weight excluding hydrogens is 169 g/mol. The van der Waals surface area contributed by atoms with E-state index in [1.54, 1.807) is 0 Å². The molecule has 3 heteroatoms. The molecule has 2 nitrogen and oxygen atoms in total. The van der Waals surface area contributed by atoms with E-state index >= 15 is 0 Å². The maximum absolute atomic E-state index is 13.0. The lowest BCUT2D eigenvalue weighted by Crippen LogP contribution is -2.30. The second-order valence-electron chi connectivity index (χ2n) is 4.82. The third-order valence-corrected chi connectivity index (χ3v) is 3.71. The van der Waals surface area contributed by atoms with Gasteiger partial charge >= 0.3 is 0 Å². The summed E-state index contributed by atoms with van der Waals surface area (Å²) in [4.78, 5) is 13.5. The first kappa shape index (κ1) is 7.77. The van der Waals surface area contributed by atoms with Gasteiger partial charge in [0.05, 0.1) is 0 Å². The van der Waals surface area contributed by atoms with E-state index in [9.17, 15) is 9.18 Å². The molecule has 1 spiro atoms. The Hall–Kier alpha value is -0.600.